The molecule has 0 fully saturated rings. The predicted molar refractivity (Wildman–Crippen MR) is 73.0 cm³/mol. The van der Waals surface area contributed by atoms with Gasteiger partial charge in [-0.15, -0.1) is 0 Å². The van der Waals surface area contributed by atoms with Crippen LogP contribution >= 0.6 is 11.6 Å². The molecule has 0 spiro atoms. The van der Waals surface area contributed by atoms with Gasteiger partial charge in [0.15, 0.2) is 5.82 Å². The largest absolute Gasteiger partial charge is 0.345 e. The molecule has 1 heterocycles. The first-order valence-electron chi connectivity index (χ1n) is 6.05. The zero-order valence-electron chi connectivity index (χ0n) is 11.0. The topological polar surface area (TPSA) is 111 Å². The Labute approximate surface area is 124 Å². The van der Waals surface area contributed by atoms with Gasteiger partial charge in [0.25, 0.3) is 11.6 Å². The standard InChI is InChI=1S/C12H11ClN4O4/c1-2-11-15-10(16-21-11)6-14-12(18)8-4-3-7(17(19)20)5-9(8)13/h3-5H,2,6H2,1H3,(H,14,18). The van der Waals surface area contributed by atoms with E-state index in [-0.39, 0.29) is 22.8 Å². The third-order valence-electron chi connectivity index (χ3n) is 2.63. The molecule has 110 valence electrons. The molecule has 0 aliphatic carbocycles. The molecule has 0 saturated heterocycles. The normalized spacial score (nSPS) is 10.4. The van der Waals surface area contributed by atoms with Crippen LogP contribution in [0.25, 0.3) is 0 Å². The van der Waals surface area contributed by atoms with Crippen molar-refractivity contribution in [1.82, 2.24) is 15.5 Å². The van der Waals surface area contributed by atoms with Gasteiger partial charge in [-0.05, 0) is 6.07 Å². The molecule has 8 nitrogen and oxygen atoms in total. The fourth-order valence-corrected chi connectivity index (χ4v) is 1.82. The summed E-state index contributed by atoms with van der Waals surface area (Å²) in [6.07, 6.45) is 0.606. The van der Waals surface area contributed by atoms with Crippen molar-refractivity contribution in [3.63, 3.8) is 0 Å². The SMILES string of the molecule is CCc1nc(CNC(=O)c2ccc([N+](=O)[O-])cc2Cl)no1. The number of nitrogens with zero attached hydrogens (tertiary/aromatic N) is 3. The highest BCUT2D eigenvalue weighted by Gasteiger charge is 2.15. The highest BCUT2D eigenvalue weighted by Crippen LogP contribution is 2.22. The smallest absolute Gasteiger partial charge is 0.270 e. The molecule has 2 rings (SSSR count). The number of benzene rings is 1. The Morgan fingerprint density at radius 1 is 1.52 bits per heavy atom. The Bertz CT molecular complexity index is 686. The molecular formula is C12H11ClN4O4. The van der Waals surface area contributed by atoms with Crippen LogP contribution in [0.15, 0.2) is 22.7 Å². The van der Waals surface area contributed by atoms with Gasteiger partial charge in [0.2, 0.25) is 5.89 Å². The number of aryl methyl sites for hydroxylation is 1. The highest BCUT2D eigenvalue weighted by molar-refractivity contribution is 6.34. The molecule has 1 N–H and O–H groups in total. The van der Waals surface area contributed by atoms with Crippen LogP contribution in [0.1, 0.15) is 29.0 Å². The van der Waals surface area contributed by atoms with Crippen LogP contribution in [-0.4, -0.2) is 21.0 Å². The van der Waals surface area contributed by atoms with Gasteiger partial charge >= 0.3 is 0 Å². The minimum Gasteiger partial charge on any atom is -0.345 e. The van der Waals surface area contributed by atoms with E-state index in [1.165, 1.54) is 12.1 Å². The van der Waals surface area contributed by atoms with Crippen LogP contribution in [-0.2, 0) is 13.0 Å². The Balaban J connectivity index is 2.04. The summed E-state index contributed by atoms with van der Waals surface area (Å²) in [5.41, 5.74) is -0.0382. The molecule has 0 bridgehead atoms. The number of carbonyl (C=O) groups is 1. The maximum Gasteiger partial charge on any atom is 0.270 e. The number of aromatic nitrogens is 2. The van der Waals surface area contributed by atoms with Gasteiger partial charge in [-0.1, -0.05) is 23.7 Å². The molecule has 1 amide bonds. The lowest BCUT2D eigenvalue weighted by Gasteiger charge is -2.04. The Kier molecular flexibility index (Phi) is 4.49. The molecule has 0 saturated carbocycles. The summed E-state index contributed by atoms with van der Waals surface area (Å²) in [6.45, 7) is 1.95. The number of nitro groups is 1. The van der Waals surface area contributed by atoms with E-state index in [9.17, 15) is 14.9 Å². The monoisotopic (exact) mass is 310 g/mol. The summed E-state index contributed by atoms with van der Waals surface area (Å²) in [5, 5.41) is 16.9. The fraction of sp³-hybridized carbons (Fsp3) is 0.250. The minimum atomic E-state index is -0.584. The molecule has 0 aliphatic heterocycles. The molecule has 0 atom stereocenters. The van der Waals surface area contributed by atoms with Crippen molar-refractivity contribution in [3.8, 4) is 0 Å². The van der Waals surface area contributed by atoms with E-state index in [0.29, 0.717) is 18.1 Å². The third kappa shape index (κ3) is 3.54. The van der Waals surface area contributed by atoms with Crippen molar-refractivity contribution < 1.29 is 14.2 Å². The maximum atomic E-state index is 11.9. The molecule has 21 heavy (non-hydrogen) atoms. The molecule has 1 aromatic heterocycles. The number of non-ortho nitro benzene ring substituents is 1. The number of carbonyl (C=O) groups excluding carboxylic acids is 1. The van der Waals surface area contributed by atoms with Gasteiger partial charge in [0.1, 0.15) is 0 Å². The van der Waals surface area contributed by atoms with Crippen molar-refractivity contribution >= 4 is 23.2 Å². The first-order chi connectivity index (χ1) is 10.0. The zero-order chi connectivity index (χ0) is 15.4. The van der Waals surface area contributed by atoms with Gasteiger partial charge in [0.05, 0.1) is 22.1 Å². The molecule has 0 radical (unpaired) electrons. The van der Waals surface area contributed by atoms with E-state index in [2.05, 4.69) is 15.5 Å². The van der Waals surface area contributed by atoms with E-state index in [1.54, 1.807) is 0 Å². The average molecular weight is 311 g/mol. The summed E-state index contributed by atoms with van der Waals surface area (Å²) in [5.74, 6) is 0.351. The van der Waals surface area contributed by atoms with E-state index in [4.69, 9.17) is 16.1 Å². The van der Waals surface area contributed by atoms with Crippen molar-refractivity contribution in [1.29, 1.82) is 0 Å². The van der Waals surface area contributed by atoms with Gasteiger partial charge in [-0.3, -0.25) is 14.9 Å². The van der Waals surface area contributed by atoms with Gasteiger partial charge in [-0.2, -0.15) is 4.98 Å². The number of nitro benzene ring substituents is 1. The Hall–Kier alpha value is -2.48. The van der Waals surface area contributed by atoms with Crippen molar-refractivity contribution in [3.05, 3.63) is 50.6 Å². The van der Waals surface area contributed by atoms with Gasteiger partial charge in [-0.25, -0.2) is 0 Å². The summed E-state index contributed by atoms with van der Waals surface area (Å²) in [4.78, 5) is 26.0. The molecule has 9 heteroatoms. The molecule has 0 aliphatic rings. The Morgan fingerprint density at radius 2 is 2.29 bits per heavy atom. The Morgan fingerprint density at radius 3 is 2.86 bits per heavy atom. The zero-order valence-corrected chi connectivity index (χ0v) is 11.8. The van der Waals surface area contributed by atoms with E-state index < -0.39 is 10.8 Å². The summed E-state index contributed by atoms with van der Waals surface area (Å²) >= 11 is 5.86. The number of halogens is 1. The van der Waals surface area contributed by atoms with Gasteiger partial charge < -0.3 is 9.84 Å². The number of nitrogens with one attached hydrogen (secondary N) is 1. The second-order valence-electron chi connectivity index (χ2n) is 4.06. The van der Waals surface area contributed by atoms with E-state index in [1.807, 2.05) is 6.92 Å². The van der Waals surface area contributed by atoms with Crippen LogP contribution in [0.2, 0.25) is 5.02 Å². The number of rotatable bonds is 5. The minimum absolute atomic E-state index is 0.00376. The molecule has 2 aromatic rings. The van der Waals surface area contributed by atoms with Crippen LogP contribution in [0, 0.1) is 10.1 Å². The molecule has 0 unspecified atom stereocenters. The van der Waals surface area contributed by atoms with E-state index >= 15 is 0 Å². The highest BCUT2D eigenvalue weighted by atomic mass is 35.5. The van der Waals surface area contributed by atoms with Crippen molar-refractivity contribution in [2.75, 3.05) is 0 Å². The lowest BCUT2D eigenvalue weighted by Crippen LogP contribution is -2.23. The number of hydrogen-bond acceptors (Lipinski definition) is 6. The third-order valence-corrected chi connectivity index (χ3v) is 2.94. The average Bonchev–Trinajstić information content (AvgIpc) is 2.92. The van der Waals surface area contributed by atoms with Crippen LogP contribution in [0.5, 0.6) is 0 Å². The second-order valence-corrected chi connectivity index (χ2v) is 4.47. The van der Waals surface area contributed by atoms with Crippen LogP contribution in [0.4, 0.5) is 5.69 Å². The molecular weight excluding hydrogens is 300 g/mol. The molecule has 1 aromatic carbocycles. The lowest BCUT2D eigenvalue weighted by molar-refractivity contribution is -0.384. The fourth-order valence-electron chi connectivity index (χ4n) is 1.56. The summed E-state index contributed by atoms with van der Waals surface area (Å²) < 4.78 is 4.90. The number of hydrogen-bond donors (Lipinski definition) is 1. The van der Waals surface area contributed by atoms with Crippen molar-refractivity contribution in [2.45, 2.75) is 19.9 Å². The van der Waals surface area contributed by atoms with Gasteiger partial charge in [0, 0.05) is 18.6 Å². The predicted octanol–water partition coefficient (Wildman–Crippen LogP) is 2.12. The quantitative estimate of drug-likeness (QED) is 0.669. The van der Waals surface area contributed by atoms with Crippen molar-refractivity contribution in [2.24, 2.45) is 0 Å². The summed E-state index contributed by atoms with van der Waals surface area (Å²) in [7, 11) is 0. The van der Waals surface area contributed by atoms with Crippen LogP contribution in [0.3, 0.4) is 0 Å². The van der Waals surface area contributed by atoms with E-state index in [0.717, 1.165) is 6.07 Å². The first-order valence-corrected chi connectivity index (χ1v) is 6.42. The lowest BCUT2D eigenvalue weighted by atomic mass is 10.2. The number of amides is 1. The van der Waals surface area contributed by atoms with Crippen LogP contribution < -0.4 is 5.32 Å². The maximum absolute atomic E-state index is 11.9. The summed E-state index contributed by atoms with van der Waals surface area (Å²) in [6, 6.07) is 3.63. The second kappa shape index (κ2) is 6.31. The first kappa shape index (κ1) is 14.9.